The van der Waals surface area contributed by atoms with Gasteiger partial charge in [0.05, 0.1) is 4.43 Å². The van der Waals surface area contributed by atoms with Crippen molar-refractivity contribution in [2.24, 2.45) is 0 Å². The van der Waals surface area contributed by atoms with Gasteiger partial charge in [0.25, 0.3) is 0 Å². The summed E-state index contributed by atoms with van der Waals surface area (Å²) >= 11 is 7.94. The standard InChI is InChI=1S/C6H6ClIN2/c1-4-3-9-5(2-8)10-6(4)7/h3H,2H2,1H3. The molecule has 0 aliphatic rings. The van der Waals surface area contributed by atoms with Crippen molar-refractivity contribution in [1.29, 1.82) is 0 Å². The maximum absolute atomic E-state index is 5.74. The number of alkyl halides is 1. The van der Waals surface area contributed by atoms with Crippen LogP contribution in [0.5, 0.6) is 0 Å². The first-order chi connectivity index (χ1) is 4.74. The first kappa shape index (κ1) is 8.20. The molecule has 0 aliphatic heterocycles. The molecule has 0 spiro atoms. The van der Waals surface area contributed by atoms with Crippen LogP contribution in [0.15, 0.2) is 6.20 Å². The van der Waals surface area contributed by atoms with E-state index >= 15 is 0 Å². The number of hydrogen-bond donors (Lipinski definition) is 0. The van der Waals surface area contributed by atoms with Crippen LogP contribution in [0.1, 0.15) is 11.4 Å². The second-order valence-electron chi connectivity index (χ2n) is 1.89. The van der Waals surface area contributed by atoms with Crippen LogP contribution in [0.3, 0.4) is 0 Å². The summed E-state index contributed by atoms with van der Waals surface area (Å²) in [7, 11) is 0. The summed E-state index contributed by atoms with van der Waals surface area (Å²) in [5, 5.41) is 0.557. The Hall–Kier alpha value is 0.1000. The highest BCUT2D eigenvalue weighted by Gasteiger charge is 1.97. The van der Waals surface area contributed by atoms with Crippen LogP contribution in [-0.2, 0) is 4.43 Å². The third kappa shape index (κ3) is 1.79. The molecule has 2 nitrogen and oxygen atoms in total. The predicted octanol–water partition coefficient (Wildman–Crippen LogP) is 2.37. The molecule has 0 aliphatic carbocycles. The first-order valence-electron chi connectivity index (χ1n) is 2.78. The topological polar surface area (TPSA) is 25.8 Å². The van der Waals surface area contributed by atoms with Gasteiger partial charge in [-0.3, -0.25) is 0 Å². The largest absolute Gasteiger partial charge is 0.240 e. The molecule has 0 atom stereocenters. The van der Waals surface area contributed by atoms with E-state index in [0.29, 0.717) is 5.15 Å². The molecular weight excluding hydrogens is 262 g/mol. The Labute approximate surface area is 78.2 Å². The smallest absolute Gasteiger partial charge is 0.139 e. The molecule has 0 saturated heterocycles. The van der Waals surface area contributed by atoms with Crippen LogP contribution < -0.4 is 0 Å². The second kappa shape index (κ2) is 3.48. The number of rotatable bonds is 1. The van der Waals surface area contributed by atoms with Crippen molar-refractivity contribution in [2.75, 3.05) is 0 Å². The summed E-state index contributed by atoms with van der Waals surface area (Å²) in [5.41, 5.74) is 0.926. The van der Waals surface area contributed by atoms with Crippen molar-refractivity contribution in [1.82, 2.24) is 9.97 Å². The van der Waals surface area contributed by atoms with Gasteiger partial charge in [-0.1, -0.05) is 34.2 Å². The lowest BCUT2D eigenvalue weighted by atomic mass is 10.4. The normalized spacial score (nSPS) is 9.90. The molecular formula is C6H6ClIN2. The maximum Gasteiger partial charge on any atom is 0.139 e. The summed E-state index contributed by atoms with van der Waals surface area (Å²) in [6, 6.07) is 0. The van der Waals surface area contributed by atoms with Gasteiger partial charge in [0.1, 0.15) is 11.0 Å². The summed E-state index contributed by atoms with van der Waals surface area (Å²) in [6.07, 6.45) is 1.74. The first-order valence-corrected chi connectivity index (χ1v) is 4.68. The quantitative estimate of drug-likeness (QED) is 0.444. The molecule has 1 rings (SSSR count). The predicted molar refractivity (Wildman–Crippen MR) is 49.5 cm³/mol. The number of halogens is 2. The maximum atomic E-state index is 5.74. The molecule has 0 saturated carbocycles. The van der Waals surface area contributed by atoms with Gasteiger partial charge in [0, 0.05) is 11.8 Å². The molecule has 1 aromatic heterocycles. The van der Waals surface area contributed by atoms with Crippen LogP contribution in [0.2, 0.25) is 5.15 Å². The molecule has 0 N–H and O–H groups in total. The fraction of sp³-hybridized carbons (Fsp3) is 0.333. The zero-order valence-electron chi connectivity index (χ0n) is 5.43. The molecule has 0 aromatic carbocycles. The van der Waals surface area contributed by atoms with E-state index in [1.54, 1.807) is 6.20 Å². The second-order valence-corrected chi connectivity index (χ2v) is 3.01. The van der Waals surface area contributed by atoms with Gasteiger partial charge in [-0.25, -0.2) is 9.97 Å². The van der Waals surface area contributed by atoms with E-state index < -0.39 is 0 Å². The Morgan fingerprint density at radius 3 is 2.90 bits per heavy atom. The molecule has 1 aromatic rings. The molecule has 4 heteroatoms. The minimum absolute atomic E-state index is 0.557. The van der Waals surface area contributed by atoms with Crippen molar-refractivity contribution >= 4 is 34.2 Å². The Kier molecular flexibility index (Phi) is 2.85. The van der Waals surface area contributed by atoms with Crippen molar-refractivity contribution < 1.29 is 0 Å². The third-order valence-corrected chi connectivity index (χ3v) is 2.14. The van der Waals surface area contributed by atoms with Crippen molar-refractivity contribution in [2.45, 2.75) is 11.4 Å². The average Bonchev–Trinajstić information content (AvgIpc) is 1.95. The minimum Gasteiger partial charge on any atom is -0.240 e. The van der Waals surface area contributed by atoms with Crippen molar-refractivity contribution in [3.63, 3.8) is 0 Å². The van der Waals surface area contributed by atoms with Crippen LogP contribution in [-0.4, -0.2) is 9.97 Å². The molecule has 54 valence electrons. The molecule has 10 heavy (non-hydrogen) atoms. The fourth-order valence-corrected chi connectivity index (χ4v) is 1.03. The van der Waals surface area contributed by atoms with Gasteiger partial charge < -0.3 is 0 Å². The van der Waals surface area contributed by atoms with Gasteiger partial charge in [-0.05, 0) is 6.92 Å². The van der Waals surface area contributed by atoms with E-state index in [1.807, 2.05) is 6.92 Å². The molecule has 0 amide bonds. The van der Waals surface area contributed by atoms with Gasteiger partial charge >= 0.3 is 0 Å². The monoisotopic (exact) mass is 268 g/mol. The molecule has 1 heterocycles. The van der Waals surface area contributed by atoms with E-state index in [4.69, 9.17) is 11.6 Å². The van der Waals surface area contributed by atoms with E-state index in [-0.39, 0.29) is 0 Å². The number of hydrogen-bond acceptors (Lipinski definition) is 2. The minimum atomic E-state index is 0.557. The van der Waals surface area contributed by atoms with Crippen molar-refractivity contribution in [3.8, 4) is 0 Å². The third-order valence-electron chi connectivity index (χ3n) is 1.08. The zero-order valence-corrected chi connectivity index (χ0v) is 8.35. The van der Waals surface area contributed by atoms with Gasteiger partial charge in [0.15, 0.2) is 0 Å². The summed E-state index contributed by atoms with van der Waals surface area (Å²) in [6.45, 7) is 1.89. The summed E-state index contributed by atoms with van der Waals surface area (Å²) in [4.78, 5) is 8.09. The lowest BCUT2D eigenvalue weighted by molar-refractivity contribution is 1.03. The highest BCUT2D eigenvalue weighted by Crippen LogP contribution is 2.10. The lowest BCUT2D eigenvalue weighted by Crippen LogP contribution is -1.92. The Morgan fingerprint density at radius 2 is 2.40 bits per heavy atom. The van der Waals surface area contributed by atoms with Gasteiger partial charge in [-0.15, -0.1) is 0 Å². The van der Waals surface area contributed by atoms with E-state index in [0.717, 1.165) is 15.8 Å². The van der Waals surface area contributed by atoms with Crippen LogP contribution in [0.25, 0.3) is 0 Å². The fourth-order valence-electron chi connectivity index (χ4n) is 0.519. The Bertz CT molecular complexity index is 239. The van der Waals surface area contributed by atoms with Crippen molar-refractivity contribution in [3.05, 3.63) is 22.7 Å². The van der Waals surface area contributed by atoms with Crippen LogP contribution in [0, 0.1) is 6.92 Å². The molecule has 0 unspecified atom stereocenters. The van der Waals surface area contributed by atoms with E-state index in [1.165, 1.54) is 0 Å². The number of nitrogens with zero attached hydrogens (tertiary/aromatic N) is 2. The Balaban J connectivity index is 3.04. The summed E-state index contributed by atoms with van der Waals surface area (Å²) in [5.74, 6) is 0.788. The van der Waals surface area contributed by atoms with Gasteiger partial charge in [0.2, 0.25) is 0 Å². The number of aromatic nitrogens is 2. The van der Waals surface area contributed by atoms with Crippen LogP contribution in [0.4, 0.5) is 0 Å². The lowest BCUT2D eigenvalue weighted by Gasteiger charge is -1.96. The molecule has 0 radical (unpaired) electrons. The van der Waals surface area contributed by atoms with Crippen LogP contribution >= 0.6 is 34.2 Å². The average molecular weight is 268 g/mol. The zero-order chi connectivity index (χ0) is 7.56. The summed E-state index contributed by atoms with van der Waals surface area (Å²) < 4.78 is 0.803. The van der Waals surface area contributed by atoms with E-state index in [9.17, 15) is 0 Å². The van der Waals surface area contributed by atoms with E-state index in [2.05, 4.69) is 32.6 Å². The molecule has 0 fully saturated rings. The molecule has 0 bridgehead atoms. The highest BCUT2D eigenvalue weighted by atomic mass is 127. The Morgan fingerprint density at radius 1 is 1.70 bits per heavy atom. The number of aryl methyl sites for hydroxylation is 1. The SMILES string of the molecule is Cc1cnc(CI)nc1Cl. The highest BCUT2D eigenvalue weighted by molar-refractivity contribution is 14.1. The van der Waals surface area contributed by atoms with Gasteiger partial charge in [-0.2, -0.15) is 0 Å².